The number of nitrogens with zero attached hydrogens (tertiary/aromatic N) is 5. The van der Waals surface area contributed by atoms with Crippen LogP contribution in [0.5, 0.6) is 11.5 Å². The molecule has 0 spiro atoms. The molecule has 132 valence electrons. The van der Waals surface area contributed by atoms with Crippen LogP contribution in [0.15, 0.2) is 55.1 Å². The van der Waals surface area contributed by atoms with Gasteiger partial charge in [0.2, 0.25) is 5.91 Å². The van der Waals surface area contributed by atoms with Crippen LogP contribution >= 0.6 is 0 Å². The summed E-state index contributed by atoms with van der Waals surface area (Å²) in [5.74, 6) is 2.19. The molecule has 0 saturated carbocycles. The van der Waals surface area contributed by atoms with Gasteiger partial charge in [0, 0.05) is 25.0 Å². The van der Waals surface area contributed by atoms with Gasteiger partial charge < -0.3 is 14.6 Å². The SMILES string of the molecule is O=C(CN1CCn2cnnc2C1)Nc1ccc(Oc2cccnc2)cc1. The molecule has 0 unspecified atom stereocenters. The second kappa shape index (κ2) is 7.32. The van der Waals surface area contributed by atoms with E-state index in [4.69, 9.17) is 4.74 Å². The Hall–Kier alpha value is -3.26. The van der Waals surface area contributed by atoms with Crippen molar-refractivity contribution in [2.75, 3.05) is 18.4 Å². The fourth-order valence-electron chi connectivity index (χ4n) is 2.80. The molecule has 8 nitrogen and oxygen atoms in total. The number of rotatable bonds is 5. The van der Waals surface area contributed by atoms with E-state index in [1.807, 2.05) is 41.0 Å². The van der Waals surface area contributed by atoms with Crippen LogP contribution in [0.2, 0.25) is 0 Å². The number of anilines is 1. The molecule has 0 bridgehead atoms. The van der Waals surface area contributed by atoms with Gasteiger partial charge in [0.1, 0.15) is 23.7 Å². The number of aromatic nitrogens is 4. The number of hydrogen-bond donors (Lipinski definition) is 1. The van der Waals surface area contributed by atoms with Crippen LogP contribution < -0.4 is 10.1 Å². The molecule has 3 aromatic rings. The summed E-state index contributed by atoms with van der Waals surface area (Å²) >= 11 is 0. The lowest BCUT2D eigenvalue weighted by Crippen LogP contribution is -2.39. The van der Waals surface area contributed by atoms with Crippen molar-refractivity contribution in [2.24, 2.45) is 0 Å². The first-order valence-electron chi connectivity index (χ1n) is 8.33. The average molecular weight is 350 g/mol. The molecule has 0 atom stereocenters. The molecule has 1 aromatic carbocycles. The summed E-state index contributed by atoms with van der Waals surface area (Å²) in [6, 6.07) is 10.9. The topological polar surface area (TPSA) is 85.2 Å². The molecular weight excluding hydrogens is 332 g/mol. The zero-order valence-electron chi connectivity index (χ0n) is 14.1. The Bertz CT molecular complexity index is 878. The van der Waals surface area contributed by atoms with Crippen LogP contribution in [0, 0.1) is 0 Å². The Kier molecular flexibility index (Phi) is 4.57. The highest BCUT2D eigenvalue weighted by Crippen LogP contribution is 2.22. The molecule has 26 heavy (non-hydrogen) atoms. The van der Waals surface area contributed by atoms with E-state index in [0.29, 0.717) is 24.6 Å². The summed E-state index contributed by atoms with van der Waals surface area (Å²) in [5.41, 5.74) is 0.730. The van der Waals surface area contributed by atoms with E-state index < -0.39 is 0 Å². The average Bonchev–Trinajstić information content (AvgIpc) is 3.12. The highest BCUT2D eigenvalue weighted by atomic mass is 16.5. The number of fused-ring (bicyclic) bond motifs is 1. The number of carbonyl (C=O) groups excluding carboxylic acids is 1. The van der Waals surface area contributed by atoms with Crippen molar-refractivity contribution in [2.45, 2.75) is 13.1 Å². The van der Waals surface area contributed by atoms with Crippen LogP contribution in [0.4, 0.5) is 5.69 Å². The zero-order valence-corrected chi connectivity index (χ0v) is 14.1. The van der Waals surface area contributed by atoms with Gasteiger partial charge in [-0.05, 0) is 36.4 Å². The molecule has 0 aliphatic carbocycles. The van der Waals surface area contributed by atoms with E-state index in [2.05, 4.69) is 25.4 Å². The lowest BCUT2D eigenvalue weighted by molar-refractivity contribution is -0.117. The molecule has 1 N–H and O–H groups in total. The van der Waals surface area contributed by atoms with Crippen LogP contribution in [-0.4, -0.2) is 43.6 Å². The van der Waals surface area contributed by atoms with Crippen LogP contribution in [0.3, 0.4) is 0 Å². The first kappa shape index (κ1) is 16.2. The van der Waals surface area contributed by atoms with Gasteiger partial charge in [0.25, 0.3) is 0 Å². The fourth-order valence-corrected chi connectivity index (χ4v) is 2.80. The molecule has 3 heterocycles. The summed E-state index contributed by atoms with van der Waals surface area (Å²) in [5, 5.41) is 10.9. The molecule has 1 aliphatic rings. The number of ether oxygens (including phenoxy) is 1. The number of hydrogen-bond acceptors (Lipinski definition) is 6. The van der Waals surface area contributed by atoms with Gasteiger partial charge in [-0.15, -0.1) is 10.2 Å². The summed E-state index contributed by atoms with van der Waals surface area (Å²) in [6.45, 7) is 2.55. The van der Waals surface area contributed by atoms with Crippen molar-refractivity contribution in [3.05, 3.63) is 60.9 Å². The van der Waals surface area contributed by atoms with E-state index in [-0.39, 0.29) is 5.91 Å². The number of benzene rings is 1. The third kappa shape index (κ3) is 3.86. The first-order chi connectivity index (χ1) is 12.8. The quantitative estimate of drug-likeness (QED) is 0.757. The van der Waals surface area contributed by atoms with Crippen molar-refractivity contribution in [3.63, 3.8) is 0 Å². The number of nitrogens with one attached hydrogen (secondary N) is 1. The minimum Gasteiger partial charge on any atom is -0.456 e. The minimum atomic E-state index is -0.0566. The van der Waals surface area contributed by atoms with Crippen LogP contribution in [0.25, 0.3) is 0 Å². The lowest BCUT2D eigenvalue weighted by atomic mass is 10.3. The first-order valence-corrected chi connectivity index (χ1v) is 8.33. The van der Waals surface area contributed by atoms with Gasteiger partial charge in [0.05, 0.1) is 19.3 Å². The third-order valence-corrected chi connectivity index (χ3v) is 4.09. The number of carbonyl (C=O) groups is 1. The summed E-state index contributed by atoms with van der Waals surface area (Å²) in [4.78, 5) is 18.3. The molecule has 1 amide bonds. The third-order valence-electron chi connectivity index (χ3n) is 4.09. The van der Waals surface area contributed by atoms with E-state index in [1.165, 1.54) is 0 Å². The van der Waals surface area contributed by atoms with Crippen molar-refractivity contribution in [3.8, 4) is 11.5 Å². The van der Waals surface area contributed by atoms with E-state index in [1.54, 1.807) is 18.7 Å². The Labute approximate surface area is 150 Å². The van der Waals surface area contributed by atoms with Crippen LogP contribution in [0.1, 0.15) is 5.82 Å². The molecule has 0 radical (unpaired) electrons. The second-order valence-electron chi connectivity index (χ2n) is 6.01. The Morgan fingerprint density at radius 3 is 2.85 bits per heavy atom. The Morgan fingerprint density at radius 2 is 2.04 bits per heavy atom. The predicted octanol–water partition coefficient (Wildman–Crippen LogP) is 1.92. The highest BCUT2D eigenvalue weighted by Gasteiger charge is 2.19. The van der Waals surface area contributed by atoms with Gasteiger partial charge in [-0.25, -0.2) is 0 Å². The molecule has 0 fully saturated rings. The van der Waals surface area contributed by atoms with Crippen molar-refractivity contribution in [1.82, 2.24) is 24.6 Å². The van der Waals surface area contributed by atoms with E-state index >= 15 is 0 Å². The second-order valence-corrected chi connectivity index (χ2v) is 6.01. The van der Waals surface area contributed by atoms with E-state index in [9.17, 15) is 4.79 Å². The fraction of sp³-hybridized carbons (Fsp3) is 0.222. The van der Waals surface area contributed by atoms with Gasteiger partial charge in [0.15, 0.2) is 0 Å². The van der Waals surface area contributed by atoms with Crippen molar-refractivity contribution in [1.29, 1.82) is 0 Å². The number of amides is 1. The molecule has 2 aromatic heterocycles. The lowest BCUT2D eigenvalue weighted by Gasteiger charge is -2.26. The van der Waals surface area contributed by atoms with E-state index in [0.717, 1.165) is 24.6 Å². The van der Waals surface area contributed by atoms with Gasteiger partial charge in [-0.1, -0.05) is 0 Å². The minimum absolute atomic E-state index is 0.0566. The smallest absolute Gasteiger partial charge is 0.238 e. The van der Waals surface area contributed by atoms with Gasteiger partial charge in [-0.3, -0.25) is 14.7 Å². The Morgan fingerprint density at radius 1 is 1.15 bits per heavy atom. The largest absolute Gasteiger partial charge is 0.456 e. The predicted molar refractivity (Wildman–Crippen MR) is 94.7 cm³/mol. The normalized spacial score (nSPS) is 13.8. The molecule has 8 heteroatoms. The van der Waals surface area contributed by atoms with Gasteiger partial charge >= 0.3 is 0 Å². The maximum Gasteiger partial charge on any atom is 0.238 e. The summed E-state index contributed by atoms with van der Waals surface area (Å²) in [6.07, 6.45) is 5.06. The Balaban J connectivity index is 1.30. The number of pyridine rings is 1. The maximum absolute atomic E-state index is 12.3. The van der Waals surface area contributed by atoms with Gasteiger partial charge in [-0.2, -0.15) is 0 Å². The monoisotopic (exact) mass is 350 g/mol. The molecule has 1 aliphatic heterocycles. The molecule has 4 rings (SSSR count). The summed E-state index contributed by atoms with van der Waals surface area (Å²) in [7, 11) is 0. The van der Waals surface area contributed by atoms with Crippen molar-refractivity contribution < 1.29 is 9.53 Å². The van der Waals surface area contributed by atoms with Crippen LogP contribution in [-0.2, 0) is 17.9 Å². The molecule has 0 saturated heterocycles. The zero-order chi connectivity index (χ0) is 17.8. The highest BCUT2D eigenvalue weighted by molar-refractivity contribution is 5.92. The van der Waals surface area contributed by atoms with Crippen molar-refractivity contribution >= 4 is 11.6 Å². The maximum atomic E-state index is 12.3. The summed E-state index contributed by atoms with van der Waals surface area (Å²) < 4.78 is 7.70. The molecular formula is C18H18N6O2. The standard InChI is InChI=1S/C18H18N6O2/c25-18(12-23-8-9-24-13-20-22-17(24)11-23)21-14-3-5-15(6-4-14)26-16-2-1-7-19-10-16/h1-7,10,13H,8-9,11-12H2,(H,21,25).